The molecule has 1 aromatic carbocycles. The van der Waals surface area contributed by atoms with Gasteiger partial charge in [0.2, 0.25) is 0 Å². The van der Waals surface area contributed by atoms with Crippen LogP contribution in [0, 0.1) is 12.7 Å². The molecule has 0 aromatic heterocycles. The highest BCUT2D eigenvalue weighted by Gasteiger charge is 1.96. The molecule has 0 aliphatic heterocycles. The Morgan fingerprint density at radius 3 is 2.92 bits per heavy atom. The van der Waals surface area contributed by atoms with E-state index >= 15 is 0 Å². The van der Waals surface area contributed by atoms with Gasteiger partial charge in [-0.1, -0.05) is 17.7 Å². The highest BCUT2D eigenvalue weighted by Crippen LogP contribution is 2.13. The molecule has 0 heterocycles. The van der Waals surface area contributed by atoms with E-state index in [4.69, 9.17) is 11.6 Å². The number of benzene rings is 1. The quantitative estimate of drug-likeness (QED) is 0.788. The minimum absolute atomic E-state index is 0.182. The third kappa shape index (κ3) is 3.07. The third-order valence-corrected chi connectivity index (χ3v) is 1.85. The first-order chi connectivity index (χ1) is 6.24. The van der Waals surface area contributed by atoms with E-state index in [1.807, 2.05) is 0 Å². The van der Waals surface area contributed by atoms with Crippen molar-refractivity contribution in [2.75, 3.05) is 11.9 Å². The van der Waals surface area contributed by atoms with E-state index in [1.165, 1.54) is 11.6 Å². The molecule has 70 valence electrons. The molecule has 1 aromatic rings. The van der Waals surface area contributed by atoms with Crippen molar-refractivity contribution in [3.05, 3.63) is 41.2 Å². The zero-order chi connectivity index (χ0) is 9.68. The molecule has 13 heavy (non-hydrogen) atoms. The lowest BCUT2D eigenvalue weighted by Gasteiger charge is -2.04. The number of halogens is 2. The van der Waals surface area contributed by atoms with Crippen LogP contribution < -0.4 is 5.32 Å². The van der Waals surface area contributed by atoms with Crippen LogP contribution in [0.25, 0.3) is 0 Å². The molecule has 0 fully saturated rings. The van der Waals surface area contributed by atoms with E-state index < -0.39 is 0 Å². The summed E-state index contributed by atoms with van der Waals surface area (Å²) in [6.45, 7) is 2.38. The summed E-state index contributed by atoms with van der Waals surface area (Å²) < 4.78 is 12.8. The Morgan fingerprint density at radius 1 is 1.54 bits per heavy atom. The molecule has 0 atom stereocenters. The van der Waals surface area contributed by atoms with Gasteiger partial charge in [-0.2, -0.15) is 0 Å². The van der Waals surface area contributed by atoms with E-state index in [9.17, 15) is 4.39 Å². The topological polar surface area (TPSA) is 12.0 Å². The molecule has 1 N–H and O–H groups in total. The summed E-state index contributed by atoms with van der Waals surface area (Å²) in [7, 11) is 0. The molecule has 0 spiro atoms. The molecule has 0 aliphatic carbocycles. The molecule has 3 heteroatoms. The second-order valence-electron chi connectivity index (χ2n) is 2.71. The Hall–Kier alpha value is -1.02. The second-order valence-corrected chi connectivity index (χ2v) is 2.96. The maximum atomic E-state index is 12.8. The summed E-state index contributed by atoms with van der Waals surface area (Å²) in [5.41, 5.74) is 2.98. The van der Waals surface area contributed by atoms with Gasteiger partial charge in [-0.3, -0.25) is 0 Å². The van der Waals surface area contributed by atoms with Crippen LogP contribution in [0.5, 0.6) is 0 Å². The molecule has 0 saturated carbocycles. The first-order valence-corrected chi connectivity index (χ1v) is 4.43. The van der Waals surface area contributed by atoms with Crippen molar-refractivity contribution in [3.8, 4) is 0 Å². The third-order valence-electron chi connectivity index (χ3n) is 1.67. The van der Waals surface area contributed by atoms with Crippen LogP contribution in [0.4, 0.5) is 10.1 Å². The Bertz CT molecular complexity index is 310. The summed E-state index contributed by atoms with van der Waals surface area (Å²) in [4.78, 5) is 0. The van der Waals surface area contributed by atoms with Gasteiger partial charge in [0.05, 0.1) is 0 Å². The summed E-state index contributed by atoms with van der Waals surface area (Å²) in [6.07, 6.45) is 1.78. The molecule has 0 saturated heterocycles. The van der Waals surface area contributed by atoms with Gasteiger partial charge < -0.3 is 5.32 Å². The lowest BCUT2D eigenvalue weighted by atomic mass is 10.2. The van der Waals surface area contributed by atoms with Gasteiger partial charge in [-0.25, -0.2) is 4.39 Å². The Kier molecular flexibility index (Phi) is 3.77. The highest BCUT2D eigenvalue weighted by atomic mass is 35.5. The lowest BCUT2D eigenvalue weighted by molar-refractivity contribution is 0.619. The van der Waals surface area contributed by atoms with Crippen molar-refractivity contribution in [2.45, 2.75) is 6.92 Å². The van der Waals surface area contributed by atoms with Crippen LogP contribution in [0.1, 0.15) is 5.56 Å². The number of rotatable bonds is 3. The zero-order valence-electron chi connectivity index (χ0n) is 7.35. The fourth-order valence-electron chi connectivity index (χ4n) is 0.976. The van der Waals surface area contributed by atoms with E-state index in [2.05, 4.69) is 5.32 Å². The van der Waals surface area contributed by atoms with Gasteiger partial charge in [-0.15, -0.1) is 0 Å². The summed E-state index contributed by atoms with van der Waals surface area (Å²) in [5, 5.41) is 3.08. The first-order valence-electron chi connectivity index (χ1n) is 3.99. The maximum Gasteiger partial charge on any atom is 0.126 e. The second kappa shape index (κ2) is 4.87. The largest absolute Gasteiger partial charge is 0.382 e. The van der Waals surface area contributed by atoms with E-state index in [-0.39, 0.29) is 5.82 Å². The molecule has 0 bridgehead atoms. The lowest BCUT2D eigenvalue weighted by Crippen LogP contribution is -1.98. The van der Waals surface area contributed by atoms with Gasteiger partial charge in [0, 0.05) is 17.8 Å². The standard InChI is InChI=1S/C10H11ClFN/c1-8-7-9(3-4-10(8)12)13-6-2-5-11/h2-5,7,13H,6H2,1H3/b5-2+. The molecule has 0 aliphatic rings. The number of nitrogens with one attached hydrogen (secondary N) is 1. The van der Waals surface area contributed by atoms with Crippen molar-refractivity contribution in [3.63, 3.8) is 0 Å². The first kappa shape index (κ1) is 10.1. The highest BCUT2D eigenvalue weighted by molar-refractivity contribution is 6.25. The molecule has 1 rings (SSSR count). The molecule has 0 unspecified atom stereocenters. The Balaban J connectivity index is 2.63. The average molecular weight is 200 g/mol. The van der Waals surface area contributed by atoms with Crippen molar-refractivity contribution < 1.29 is 4.39 Å². The molecule has 0 amide bonds. The van der Waals surface area contributed by atoms with E-state index in [1.54, 1.807) is 25.1 Å². The molecule has 1 nitrogen and oxygen atoms in total. The van der Waals surface area contributed by atoms with Crippen LogP contribution in [0.15, 0.2) is 29.8 Å². The Labute approximate surface area is 82.2 Å². The normalized spacial score (nSPS) is 10.7. The smallest absolute Gasteiger partial charge is 0.126 e. The van der Waals surface area contributed by atoms with Gasteiger partial charge in [0.25, 0.3) is 0 Å². The monoisotopic (exact) mass is 199 g/mol. The number of anilines is 1. The summed E-state index contributed by atoms with van der Waals surface area (Å²) in [6, 6.07) is 4.91. The van der Waals surface area contributed by atoms with Gasteiger partial charge in [-0.05, 0) is 30.7 Å². The maximum absolute atomic E-state index is 12.8. The number of aryl methyl sites for hydroxylation is 1. The summed E-state index contributed by atoms with van der Waals surface area (Å²) >= 11 is 5.34. The fraction of sp³-hybridized carbons (Fsp3) is 0.200. The predicted molar refractivity (Wildman–Crippen MR) is 54.6 cm³/mol. The van der Waals surface area contributed by atoms with Crippen molar-refractivity contribution in [1.82, 2.24) is 0 Å². The van der Waals surface area contributed by atoms with Gasteiger partial charge in [0.1, 0.15) is 5.82 Å². The Morgan fingerprint density at radius 2 is 2.31 bits per heavy atom. The minimum atomic E-state index is -0.182. The number of hydrogen-bond acceptors (Lipinski definition) is 1. The number of hydrogen-bond donors (Lipinski definition) is 1. The van der Waals surface area contributed by atoms with Crippen LogP contribution in [0.3, 0.4) is 0 Å². The predicted octanol–water partition coefficient (Wildman–Crippen LogP) is 3.30. The van der Waals surface area contributed by atoms with Crippen molar-refractivity contribution in [2.24, 2.45) is 0 Å². The van der Waals surface area contributed by atoms with Gasteiger partial charge >= 0.3 is 0 Å². The van der Waals surface area contributed by atoms with Crippen molar-refractivity contribution in [1.29, 1.82) is 0 Å². The van der Waals surface area contributed by atoms with Crippen molar-refractivity contribution >= 4 is 17.3 Å². The average Bonchev–Trinajstić information content (AvgIpc) is 2.12. The van der Waals surface area contributed by atoms with Crippen LogP contribution in [-0.2, 0) is 0 Å². The molecular weight excluding hydrogens is 189 g/mol. The molecule has 0 radical (unpaired) electrons. The van der Waals surface area contributed by atoms with Crippen LogP contribution in [-0.4, -0.2) is 6.54 Å². The van der Waals surface area contributed by atoms with E-state index in [0.29, 0.717) is 12.1 Å². The SMILES string of the molecule is Cc1cc(NC/C=C/Cl)ccc1F. The molecular formula is C10H11ClFN. The fourth-order valence-corrected chi connectivity index (χ4v) is 1.07. The summed E-state index contributed by atoms with van der Waals surface area (Å²) in [5.74, 6) is -0.182. The van der Waals surface area contributed by atoms with E-state index in [0.717, 1.165) is 5.69 Å². The van der Waals surface area contributed by atoms with Gasteiger partial charge in [0.15, 0.2) is 0 Å². The van der Waals surface area contributed by atoms with Crippen LogP contribution in [0.2, 0.25) is 0 Å². The minimum Gasteiger partial charge on any atom is -0.382 e. The zero-order valence-corrected chi connectivity index (χ0v) is 8.11. The van der Waals surface area contributed by atoms with Crippen LogP contribution >= 0.6 is 11.6 Å².